The summed E-state index contributed by atoms with van der Waals surface area (Å²) in [5.41, 5.74) is 0.184. The Kier molecular flexibility index (Phi) is 5.76. The second-order valence-corrected chi connectivity index (χ2v) is 6.82. The fraction of sp³-hybridized carbons (Fsp3) is 0.625. The van der Waals surface area contributed by atoms with E-state index in [4.69, 9.17) is 11.6 Å². The Labute approximate surface area is 131 Å². The van der Waals surface area contributed by atoms with Crippen LogP contribution in [-0.2, 0) is 5.41 Å². The third kappa shape index (κ3) is 4.97. The molecule has 1 heterocycles. The zero-order valence-corrected chi connectivity index (χ0v) is 14.2. The molecule has 1 amide bonds. The molecule has 0 unspecified atom stereocenters. The summed E-state index contributed by atoms with van der Waals surface area (Å²) in [4.78, 5) is 16.5. The number of halogens is 1. The lowest BCUT2D eigenvalue weighted by atomic mass is 9.90. The van der Waals surface area contributed by atoms with E-state index in [9.17, 15) is 9.90 Å². The number of rotatable bonds is 5. The monoisotopic (exact) mass is 312 g/mol. The first-order valence-electron chi connectivity index (χ1n) is 7.30. The Balaban J connectivity index is 2.91. The molecule has 1 rings (SSSR count). The van der Waals surface area contributed by atoms with Gasteiger partial charge in [-0.1, -0.05) is 46.2 Å². The molecule has 0 fully saturated rings. The summed E-state index contributed by atoms with van der Waals surface area (Å²) < 4.78 is 0. The molecule has 0 aromatic carbocycles. The number of hydrogen-bond donors (Lipinski definition) is 2. The van der Waals surface area contributed by atoms with E-state index in [-0.39, 0.29) is 17.9 Å². The van der Waals surface area contributed by atoms with Crippen LogP contribution in [0, 0.1) is 0 Å². The number of amides is 1. The van der Waals surface area contributed by atoms with Gasteiger partial charge < -0.3 is 10.4 Å². The minimum Gasteiger partial charge on any atom is -0.388 e. The van der Waals surface area contributed by atoms with Crippen molar-refractivity contribution in [3.63, 3.8) is 0 Å². The van der Waals surface area contributed by atoms with E-state index in [1.54, 1.807) is 12.1 Å². The van der Waals surface area contributed by atoms with Crippen LogP contribution in [0.3, 0.4) is 0 Å². The predicted octanol–water partition coefficient (Wildman–Crippen LogP) is 3.31. The van der Waals surface area contributed by atoms with Gasteiger partial charge in [0.15, 0.2) is 0 Å². The molecule has 1 aromatic heterocycles. The molecule has 0 saturated carbocycles. The lowest BCUT2D eigenvalue weighted by Gasteiger charge is -2.25. The molecule has 0 spiro atoms. The number of carbonyl (C=O) groups excluding carboxylic acids is 1. The Morgan fingerprint density at radius 3 is 2.33 bits per heavy atom. The van der Waals surface area contributed by atoms with Gasteiger partial charge in [-0.2, -0.15) is 0 Å². The highest BCUT2D eigenvalue weighted by molar-refractivity contribution is 6.29. The number of aromatic nitrogens is 1. The van der Waals surface area contributed by atoms with Crippen molar-refractivity contribution in [2.45, 2.75) is 58.5 Å². The van der Waals surface area contributed by atoms with Crippen molar-refractivity contribution in [2.75, 3.05) is 6.54 Å². The van der Waals surface area contributed by atoms with Gasteiger partial charge in [-0.3, -0.25) is 4.79 Å². The van der Waals surface area contributed by atoms with Gasteiger partial charge >= 0.3 is 0 Å². The van der Waals surface area contributed by atoms with Gasteiger partial charge in [0.1, 0.15) is 5.15 Å². The molecule has 2 N–H and O–H groups in total. The van der Waals surface area contributed by atoms with Gasteiger partial charge in [0, 0.05) is 23.2 Å². The first-order valence-corrected chi connectivity index (χ1v) is 7.68. The van der Waals surface area contributed by atoms with Gasteiger partial charge in [-0.25, -0.2) is 4.98 Å². The summed E-state index contributed by atoms with van der Waals surface area (Å²) in [6.45, 7) is 10.1. The van der Waals surface area contributed by atoms with Gasteiger partial charge in [-0.15, -0.1) is 0 Å². The van der Waals surface area contributed by atoms with Crippen molar-refractivity contribution >= 4 is 17.5 Å². The maximum atomic E-state index is 12.2. The third-order valence-electron chi connectivity index (χ3n) is 3.72. The van der Waals surface area contributed by atoms with Crippen molar-refractivity contribution in [1.82, 2.24) is 10.3 Å². The predicted molar refractivity (Wildman–Crippen MR) is 85.8 cm³/mol. The van der Waals surface area contributed by atoms with E-state index < -0.39 is 5.60 Å². The van der Waals surface area contributed by atoms with Crippen LogP contribution in [0.2, 0.25) is 5.15 Å². The van der Waals surface area contributed by atoms with Crippen molar-refractivity contribution < 1.29 is 9.90 Å². The quantitative estimate of drug-likeness (QED) is 0.820. The molecule has 0 aliphatic heterocycles. The topological polar surface area (TPSA) is 62.2 Å². The van der Waals surface area contributed by atoms with Crippen LogP contribution in [0.4, 0.5) is 0 Å². The van der Waals surface area contributed by atoms with Crippen LogP contribution in [-0.4, -0.2) is 28.1 Å². The highest BCUT2D eigenvalue weighted by Gasteiger charge is 2.24. The van der Waals surface area contributed by atoms with Crippen LogP contribution in [0.1, 0.15) is 63.5 Å². The Morgan fingerprint density at radius 2 is 1.86 bits per heavy atom. The second kappa shape index (κ2) is 6.75. The van der Waals surface area contributed by atoms with Crippen molar-refractivity contribution in [3.8, 4) is 0 Å². The number of pyridine rings is 1. The van der Waals surface area contributed by atoms with Gasteiger partial charge in [0.25, 0.3) is 5.91 Å². The van der Waals surface area contributed by atoms with Crippen LogP contribution < -0.4 is 5.32 Å². The molecule has 0 atom stereocenters. The molecule has 0 saturated heterocycles. The van der Waals surface area contributed by atoms with E-state index in [1.807, 2.05) is 34.6 Å². The molecular formula is C16H25ClN2O2. The van der Waals surface area contributed by atoms with E-state index >= 15 is 0 Å². The standard InChI is InChI=1S/C16H25ClN2O2/c1-6-16(21,7-2)10-18-14(20)11-8-12(15(3,4)5)19-13(17)9-11/h8-9,21H,6-7,10H2,1-5H3,(H,18,20). The average molecular weight is 313 g/mol. The van der Waals surface area contributed by atoms with Crippen LogP contribution in [0.5, 0.6) is 0 Å². The molecule has 1 aromatic rings. The third-order valence-corrected chi connectivity index (χ3v) is 3.91. The normalized spacial score (nSPS) is 12.3. The smallest absolute Gasteiger partial charge is 0.251 e. The zero-order chi connectivity index (χ0) is 16.3. The first kappa shape index (κ1) is 17.9. The summed E-state index contributed by atoms with van der Waals surface area (Å²) >= 11 is 6.00. The molecule has 118 valence electrons. The summed E-state index contributed by atoms with van der Waals surface area (Å²) in [7, 11) is 0. The van der Waals surface area contributed by atoms with Crippen molar-refractivity contribution in [2.24, 2.45) is 0 Å². The molecule has 0 aliphatic carbocycles. The lowest BCUT2D eigenvalue weighted by molar-refractivity contribution is 0.0314. The van der Waals surface area contributed by atoms with Gasteiger partial charge in [0.2, 0.25) is 0 Å². The molecule has 0 radical (unpaired) electrons. The van der Waals surface area contributed by atoms with Gasteiger partial charge in [0.05, 0.1) is 5.60 Å². The number of hydrogen-bond acceptors (Lipinski definition) is 3. The molecule has 21 heavy (non-hydrogen) atoms. The summed E-state index contributed by atoms with van der Waals surface area (Å²) in [6, 6.07) is 3.29. The fourth-order valence-corrected chi connectivity index (χ4v) is 2.07. The second-order valence-electron chi connectivity index (χ2n) is 6.43. The SMILES string of the molecule is CCC(O)(CC)CNC(=O)c1cc(Cl)nc(C(C)(C)C)c1. The average Bonchev–Trinajstić information content (AvgIpc) is 2.42. The van der Waals surface area contributed by atoms with Gasteiger partial charge in [-0.05, 0) is 25.0 Å². The van der Waals surface area contributed by atoms with Crippen molar-refractivity contribution in [3.05, 3.63) is 28.5 Å². The number of nitrogens with one attached hydrogen (secondary N) is 1. The number of carbonyl (C=O) groups is 1. The van der Waals surface area contributed by atoms with E-state index in [2.05, 4.69) is 10.3 Å². The Bertz CT molecular complexity index is 505. The van der Waals surface area contributed by atoms with Crippen LogP contribution in [0.25, 0.3) is 0 Å². The molecule has 4 nitrogen and oxygen atoms in total. The molecular weight excluding hydrogens is 288 g/mol. The van der Waals surface area contributed by atoms with Crippen molar-refractivity contribution in [1.29, 1.82) is 0 Å². The molecule has 0 aliphatic rings. The summed E-state index contributed by atoms with van der Waals surface area (Å²) in [6.07, 6.45) is 1.18. The number of nitrogens with zero attached hydrogens (tertiary/aromatic N) is 1. The highest BCUT2D eigenvalue weighted by atomic mass is 35.5. The highest BCUT2D eigenvalue weighted by Crippen LogP contribution is 2.23. The molecule has 0 bridgehead atoms. The maximum absolute atomic E-state index is 12.2. The first-order chi connectivity index (χ1) is 9.61. The maximum Gasteiger partial charge on any atom is 0.251 e. The Morgan fingerprint density at radius 1 is 1.29 bits per heavy atom. The Hall–Kier alpha value is -1.13. The van der Waals surface area contributed by atoms with E-state index in [0.29, 0.717) is 23.6 Å². The summed E-state index contributed by atoms with van der Waals surface area (Å²) in [5.74, 6) is -0.245. The zero-order valence-electron chi connectivity index (χ0n) is 13.5. The fourth-order valence-electron chi connectivity index (χ4n) is 1.86. The summed E-state index contributed by atoms with van der Waals surface area (Å²) in [5, 5.41) is 13.3. The lowest BCUT2D eigenvalue weighted by Crippen LogP contribution is -2.42. The van der Waals surface area contributed by atoms with E-state index in [1.165, 1.54) is 0 Å². The van der Waals surface area contributed by atoms with E-state index in [0.717, 1.165) is 5.69 Å². The number of aliphatic hydroxyl groups is 1. The van der Waals surface area contributed by atoms with Crippen LogP contribution in [0.15, 0.2) is 12.1 Å². The largest absolute Gasteiger partial charge is 0.388 e. The minimum absolute atomic E-state index is 0.187. The van der Waals surface area contributed by atoms with Crippen LogP contribution >= 0.6 is 11.6 Å². The molecule has 5 heteroatoms. The minimum atomic E-state index is -0.862.